The Morgan fingerprint density at radius 3 is 2.55 bits per heavy atom. The number of ether oxygens (including phenoxy) is 1. The zero-order valence-corrected chi connectivity index (χ0v) is 8.91. The molecule has 11 heavy (non-hydrogen) atoms. The van der Waals surface area contributed by atoms with Crippen LogP contribution in [0.4, 0.5) is 0 Å². The molecule has 4 nitrogen and oxygen atoms in total. The first-order valence-electron chi connectivity index (χ1n) is 3.06. The van der Waals surface area contributed by atoms with Gasteiger partial charge in [-0.3, -0.25) is 0 Å². The van der Waals surface area contributed by atoms with Crippen LogP contribution in [0.3, 0.4) is 0 Å². The van der Waals surface area contributed by atoms with Crippen LogP contribution in [0.5, 0.6) is 0 Å². The second-order valence-corrected chi connectivity index (χ2v) is 5.26. The number of hydrogen-bond acceptors (Lipinski definition) is 3. The van der Waals surface area contributed by atoms with Crippen molar-refractivity contribution in [2.75, 3.05) is 18.4 Å². The van der Waals surface area contributed by atoms with Crippen LogP contribution in [0.15, 0.2) is 0 Å². The zero-order chi connectivity index (χ0) is 8.91. The first-order valence-corrected chi connectivity index (χ1v) is 5.84. The van der Waals surface area contributed by atoms with Crippen LogP contribution >= 0.6 is 15.9 Å². The van der Waals surface area contributed by atoms with Gasteiger partial charge >= 0.3 is 0 Å². The Labute approximate surface area is 75.5 Å². The van der Waals surface area contributed by atoms with E-state index in [0.29, 0.717) is 6.61 Å². The lowest BCUT2D eigenvalue weighted by Crippen LogP contribution is -2.35. The lowest BCUT2D eigenvalue weighted by atomic mass is 10.4. The summed E-state index contributed by atoms with van der Waals surface area (Å²) >= 11 is 2.86. The molecule has 0 radical (unpaired) electrons. The number of hydrogen-bond donors (Lipinski definition) is 1. The third kappa shape index (κ3) is 5.60. The molecule has 0 aromatic rings. The summed E-state index contributed by atoms with van der Waals surface area (Å²) in [6.45, 7) is 2.12. The van der Waals surface area contributed by atoms with Gasteiger partial charge in [-0.05, 0) is 6.92 Å². The predicted octanol–water partition coefficient (Wildman–Crippen LogP) is 0.293. The van der Waals surface area contributed by atoms with Gasteiger partial charge < -0.3 is 4.74 Å². The SMILES string of the molecule is COCC(C)NS(=O)(=O)CBr. The number of alkyl halides is 1. The minimum absolute atomic E-state index is 0.0753. The molecule has 0 rings (SSSR count). The Bertz CT molecular complexity index is 192. The molecular formula is C5H12BrNO3S. The lowest BCUT2D eigenvalue weighted by Gasteiger charge is -2.10. The summed E-state index contributed by atoms with van der Waals surface area (Å²) in [5.74, 6) is 0. The van der Waals surface area contributed by atoms with E-state index in [4.69, 9.17) is 4.74 Å². The summed E-state index contributed by atoms with van der Waals surface area (Å²) in [4.78, 5) is 0. The molecule has 68 valence electrons. The number of rotatable bonds is 5. The van der Waals surface area contributed by atoms with Crippen LogP contribution in [0.25, 0.3) is 0 Å². The maximum atomic E-state index is 10.9. The van der Waals surface area contributed by atoms with Gasteiger partial charge in [0.25, 0.3) is 0 Å². The standard InChI is InChI=1S/C5H12BrNO3S/c1-5(3-10-2)7-11(8,9)4-6/h5,7H,3-4H2,1-2H3. The molecule has 6 heteroatoms. The van der Waals surface area contributed by atoms with E-state index in [1.807, 2.05) is 0 Å². The smallest absolute Gasteiger partial charge is 0.221 e. The van der Waals surface area contributed by atoms with Crippen LogP contribution < -0.4 is 4.72 Å². The molecule has 0 saturated heterocycles. The van der Waals surface area contributed by atoms with Gasteiger partial charge in [0.05, 0.1) is 6.61 Å². The maximum absolute atomic E-state index is 10.9. The Morgan fingerprint density at radius 2 is 2.18 bits per heavy atom. The van der Waals surface area contributed by atoms with Gasteiger partial charge in [0, 0.05) is 13.2 Å². The number of nitrogens with one attached hydrogen (secondary N) is 1. The monoisotopic (exact) mass is 245 g/mol. The molecule has 1 atom stereocenters. The van der Waals surface area contributed by atoms with Crippen molar-refractivity contribution in [1.29, 1.82) is 0 Å². The first-order chi connectivity index (χ1) is 5.02. The van der Waals surface area contributed by atoms with Crippen LogP contribution in [-0.2, 0) is 14.8 Å². The van der Waals surface area contributed by atoms with Crippen molar-refractivity contribution in [2.45, 2.75) is 13.0 Å². The third-order valence-corrected chi connectivity index (χ3v) is 3.80. The quantitative estimate of drug-likeness (QED) is 0.709. The topological polar surface area (TPSA) is 55.4 Å². The molecular weight excluding hydrogens is 234 g/mol. The van der Waals surface area contributed by atoms with Gasteiger partial charge in [0.1, 0.15) is 4.66 Å². The number of halogens is 1. The summed E-state index contributed by atoms with van der Waals surface area (Å²) in [6.07, 6.45) is 0. The van der Waals surface area contributed by atoms with Gasteiger partial charge in [-0.15, -0.1) is 0 Å². The molecule has 0 aliphatic carbocycles. The van der Waals surface area contributed by atoms with Crippen molar-refractivity contribution in [3.63, 3.8) is 0 Å². The molecule has 0 heterocycles. The van der Waals surface area contributed by atoms with E-state index in [2.05, 4.69) is 20.7 Å². The maximum Gasteiger partial charge on any atom is 0.221 e. The van der Waals surface area contributed by atoms with Gasteiger partial charge in [-0.2, -0.15) is 0 Å². The molecule has 0 aromatic heterocycles. The fraction of sp³-hybridized carbons (Fsp3) is 1.00. The molecule has 0 aliphatic rings. The second kappa shape index (κ2) is 5.08. The van der Waals surface area contributed by atoms with Gasteiger partial charge in [0.15, 0.2) is 0 Å². The van der Waals surface area contributed by atoms with E-state index in [1.165, 1.54) is 7.11 Å². The highest BCUT2D eigenvalue weighted by Gasteiger charge is 2.11. The summed E-state index contributed by atoms with van der Waals surface area (Å²) in [5, 5.41) is 0. The fourth-order valence-electron chi connectivity index (χ4n) is 0.622. The Morgan fingerprint density at radius 1 is 1.64 bits per heavy atom. The minimum Gasteiger partial charge on any atom is -0.383 e. The van der Waals surface area contributed by atoms with Crippen LogP contribution in [0, 0.1) is 0 Å². The summed E-state index contributed by atoms with van der Waals surface area (Å²) < 4.78 is 28.8. The van der Waals surface area contributed by atoms with E-state index < -0.39 is 10.0 Å². The second-order valence-electron chi connectivity index (χ2n) is 2.20. The largest absolute Gasteiger partial charge is 0.383 e. The average molecular weight is 246 g/mol. The molecule has 0 amide bonds. The first kappa shape index (κ1) is 11.4. The normalized spacial score (nSPS) is 14.8. The van der Waals surface area contributed by atoms with Gasteiger partial charge in [-0.1, -0.05) is 15.9 Å². The molecule has 1 N–H and O–H groups in total. The fourth-order valence-corrected chi connectivity index (χ4v) is 1.76. The zero-order valence-electron chi connectivity index (χ0n) is 6.50. The predicted molar refractivity (Wildman–Crippen MR) is 47.2 cm³/mol. The molecule has 0 spiro atoms. The van der Waals surface area contributed by atoms with Gasteiger partial charge in [-0.25, -0.2) is 13.1 Å². The van der Waals surface area contributed by atoms with E-state index >= 15 is 0 Å². The van der Waals surface area contributed by atoms with Crippen LogP contribution in [-0.4, -0.2) is 32.8 Å². The summed E-state index contributed by atoms with van der Waals surface area (Å²) in [6, 6.07) is -0.178. The molecule has 1 unspecified atom stereocenters. The highest BCUT2D eigenvalue weighted by Crippen LogP contribution is 1.93. The molecule has 0 aromatic carbocycles. The van der Waals surface area contributed by atoms with E-state index in [9.17, 15) is 8.42 Å². The Kier molecular flexibility index (Phi) is 5.24. The van der Waals surface area contributed by atoms with Crippen LogP contribution in [0.1, 0.15) is 6.92 Å². The highest BCUT2D eigenvalue weighted by molar-refractivity contribution is 9.10. The number of sulfonamides is 1. The molecule has 0 bridgehead atoms. The van der Waals surface area contributed by atoms with Crippen molar-refractivity contribution in [1.82, 2.24) is 4.72 Å². The average Bonchev–Trinajstić information content (AvgIpc) is 1.87. The van der Waals surface area contributed by atoms with E-state index in [1.54, 1.807) is 6.92 Å². The van der Waals surface area contributed by atoms with Crippen LogP contribution in [0.2, 0.25) is 0 Å². The molecule has 0 aliphatic heterocycles. The van der Waals surface area contributed by atoms with Crippen molar-refractivity contribution >= 4 is 26.0 Å². The van der Waals surface area contributed by atoms with Gasteiger partial charge in [0.2, 0.25) is 10.0 Å². The third-order valence-electron chi connectivity index (χ3n) is 0.941. The minimum atomic E-state index is -3.15. The van der Waals surface area contributed by atoms with Crippen molar-refractivity contribution in [2.24, 2.45) is 0 Å². The summed E-state index contributed by atoms with van der Waals surface area (Å²) in [5.41, 5.74) is 0. The van der Waals surface area contributed by atoms with Crippen molar-refractivity contribution in [3.8, 4) is 0 Å². The summed E-state index contributed by atoms with van der Waals surface area (Å²) in [7, 11) is -1.63. The van der Waals surface area contributed by atoms with Crippen molar-refractivity contribution in [3.05, 3.63) is 0 Å². The lowest BCUT2D eigenvalue weighted by molar-refractivity contribution is 0.180. The molecule has 0 fully saturated rings. The Balaban J connectivity index is 3.84. The van der Waals surface area contributed by atoms with E-state index in [0.717, 1.165) is 0 Å². The Hall–Kier alpha value is 0.350. The van der Waals surface area contributed by atoms with E-state index in [-0.39, 0.29) is 10.7 Å². The van der Waals surface area contributed by atoms with Crippen molar-refractivity contribution < 1.29 is 13.2 Å². The molecule has 0 saturated carbocycles. The highest BCUT2D eigenvalue weighted by atomic mass is 79.9. The number of methoxy groups -OCH3 is 1.